The van der Waals surface area contributed by atoms with Gasteiger partial charge in [-0.1, -0.05) is 36.7 Å². The molecular weight excluding hydrogens is 456 g/mol. The summed E-state index contributed by atoms with van der Waals surface area (Å²) in [5.74, 6) is 0.213. The highest BCUT2D eigenvalue weighted by molar-refractivity contribution is 7.94. The van der Waals surface area contributed by atoms with Crippen LogP contribution in [0.1, 0.15) is 24.9 Å². The Kier molecular flexibility index (Phi) is 7.59. The number of hydrogen-bond donors (Lipinski definition) is 1. The smallest absolute Gasteiger partial charge is 0.273 e. The number of anilines is 1. The number of thiophene rings is 1. The summed E-state index contributed by atoms with van der Waals surface area (Å²) in [5, 5.41) is 5.28. The minimum atomic E-state index is -3.60. The topological polar surface area (TPSA) is 75.7 Å². The van der Waals surface area contributed by atoms with Gasteiger partial charge in [0.1, 0.15) is 9.96 Å². The lowest BCUT2D eigenvalue weighted by Gasteiger charge is -2.19. The number of nitrogens with zero attached hydrogens (tertiary/aromatic N) is 1. The van der Waals surface area contributed by atoms with Crippen LogP contribution in [0.4, 0.5) is 5.69 Å². The molecule has 0 spiro atoms. The maximum Gasteiger partial charge on any atom is 0.273 e. The first kappa shape index (κ1) is 23.1. The van der Waals surface area contributed by atoms with Gasteiger partial charge >= 0.3 is 0 Å². The van der Waals surface area contributed by atoms with Crippen molar-refractivity contribution in [3.05, 3.63) is 76.6 Å². The number of ether oxygens (including phenoxy) is 1. The van der Waals surface area contributed by atoms with Gasteiger partial charge in [-0.3, -0.25) is 9.10 Å². The molecule has 31 heavy (non-hydrogen) atoms. The number of carbonyl (C=O) groups excluding carboxylic acids is 1. The van der Waals surface area contributed by atoms with E-state index in [1.807, 2.05) is 25.1 Å². The molecule has 0 aliphatic heterocycles. The molecule has 6 nitrogen and oxygen atoms in total. The van der Waals surface area contributed by atoms with Crippen molar-refractivity contribution >= 4 is 44.6 Å². The van der Waals surface area contributed by atoms with E-state index in [0.717, 1.165) is 5.56 Å². The van der Waals surface area contributed by atoms with E-state index in [9.17, 15) is 13.2 Å². The molecule has 0 aliphatic carbocycles. The predicted molar refractivity (Wildman–Crippen MR) is 124 cm³/mol. The number of halogens is 1. The fraction of sp³-hybridized carbons (Fsp3) is 0.227. The normalized spacial score (nSPS) is 12.2. The first-order valence-corrected chi connectivity index (χ1v) is 12.3. The lowest BCUT2D eigenvalue weighted by atomic mass is 10.0. The van der Waals surface area contributed by atoms with Crippen LogP contribution >= 0.6 is 22.9 Å². The molecule has 0 aliphatic rings. The SMILES string of the molecule is CCC(NC(=O)COc1ccc(N(C)S(=O)(=O)c2cccs2)cc1)c1cccc(Cl)c1. The molecule has 1 aromatic heterocycles. The van der Waals surface area contributed by atoms with Crippen LogP contribution in [0.25, 0.3) is 0 Å². The Bertz CT molecular complexity index is 1120. The van der Waals surface area contributed by atoms with Crippen LogP contribution in [0.5, 0.6) is 5.75 Å². The molecule has 1 amide bonds. The Balaban J connectivity index is 1.58. The lowest BCUT2D eigenvalue weighted by molar-refractivity contribution is -0.123. The summed E-state index contributed by atoms with van der Waals surface area (Å²) in [6.45, 7) is 1.83. The number of nitrogens with one attached hydrogen (secondary N) is 1. The van der Waals surface area contributed by atoms with E-state index in [0.29, 0.717) is 22.9 Å². The van der Waals surface area contributed by atoms with Crippen LogP contribution in [-0.2, 0) is 14.8 Å². The summed E-state index contributed by atoms with van der Waals surface area (Å²) in [5.41, 5.74) is 1.43. The van der Waals surface area contributed by atoms with E-state index in [1.54, 1.807) is 47.8 Å². The molecule has 164 valence electrons. The van der Waals surface area contributed by atoms with Gasteiger partial charge in [-0.15, -0.1) is 11.3 Å². The average molecular weight is 479 g/mol. The Hall–Kier alpha value is -2.55. The van der Waals surface area contributed by atoms with Gasteiger partial charge < -0.3 is 10.1 Å². The van der Waals surface area contributed by atoms with Crippen molar-refractivity contribution in [3.8, 4) is 5.75 Å². The van der Waals surface area contributed by atoms with Crippen molar-refractivity contribution in [1.82, 2.24) is 5.32 Å². The molecule has 0 saturated heterocycles. The quantitative estimate of drug-likeness (QED) is 0.476. The molecule has 1 atom stereocenters. The largest absolute Gasteiger partial charge is 0.484 e. The van der Waals surface area contributed by atoms with Crippen LogP contribution in [-0.4, -0.2) is 28.0 Å². The average Bonchev–Trinajstić information content (AvgIpc) is 3.32. The van der Waals surface area contributed by atoms with Gasteiger partial charge in [0.15, 0.2) is 6.61 Å². The number of carbonyl (C=O) groups is 1. The summed E-state index contributed by atoms with van der Waals surface area (Å²) >= 11 is 7.20. The van der Waals surface area contributed by atoms with E-state index < -0.39 is 10.0 Å². The molecule has 0 bridgehead atoms. The Morgan fingerprint density at radius 3 is 2.52 bits per heavy atom. The second kappa shape index (κ2) is 10.2. The van der Waals surface area contributed by atoms with Gasteiger partial charge in [-0.25, -0.2) is 8.42 Å². The van der Waals surface area contributed by atoms with Crippen molar-refractivity contribution in [2.24, 2.45) is 0 Å². The van der Waals surface area contributed by atoms with Crippen molar-refractivity contribution < 1.29 is 17.9 Å². The van der Waals surface area contributed by atoms with Gasteiger partial charge in [-0.2, -0.15) is 0 Å². The summed E-state index contributed by atoms with van der Waals surface area (Å²) in [6.07, 6.45) is 0.714. The zero-order chi connectivity index (χ0) is 22.4. The van der Waals surface area contributed by atoms with Crippen molar-refractivity contribution in [2.75, 3.05) is 18.0 Å². The zero-order valence-electron chi connectivity index (χ0n) is 17.1. The highest BCUT2D eigenvalue weighted by Crippen LogP contribution is 2.26. The minimum Gasteiger partial charge on any atom is -0.484 e. The summed E-state index contributed by atoms with van der Waals surface area (Å²) in [4.78, 5) is 12.3. The second-order valence-corrected chi connectivity index (χ2v) is 10.4. The summed E-state index contributed by atoms with van der Waals surface area (Å²) < 4.78 is 32.3. The third-order valence-corrected chi connectivity index (χ3v) is 8.07. The zero-order valence-corrected chi connectivity index (χ0v) is 19.5. The van der Waals surface area contributed by atoms with Crippen LogP contribution in [0.2, 0.25) is 5.02 Å². The number of sulfonamides is 1. The molecule has 1 unspecified atom stereocenters. The number of amides is 1. The molecule has 2 aromatic carbocycles. The molecule has 3 rings (SSSR count). The molecule has 9 heteroatoms. The lowest BCUT2D eigenvalue weighted by Crippen LogP contribution is -2.32. The Morgan fingerprint density at radius 1 is 1.16 bits per heavy atom. The fourth-order valence-electron chi connectivity index (χ4n) is 2.97. The second-order valence-electron chi connectivity index (χ2n) is 6.77. The van der Waals surface area contributed by atoms with Gasteiger partial charge in [0.05, 0.1) is 11.7 Å². The van der Waals surface area contributed by atoms with E-state index in [-0.39, 0.29) is 22.8 Å². The highest BCUT2D eigenvalue weighted by Gasteiger charge is 2.22. The van der Waals surface area contributed by atoms with Gasteiger partial charge in [-0.05, 0) is 59.8 Å². The van der Waals surface area contributed by atoms with Gasteiger partial charge in [0, 0.05) is 12.1 Å². The van der Waals surface area contributed by atoms with Crippen molar-refractivity contribution in [1.29, 1.82) is 0 Å². The number of hydrogen-bond acceptors (Lipinski definition) is 5. The number of benzene rings is 2. The Labute approximate surface area is 191 Å². The van der Waals surface area contributed by atoms with Crippen LogP contribution in [0.15, 0.2) is 70.3 Å². The molecular formula is C22H23ClN2O4S2. The maximum absolute atomic E-state index is 12.6. The minimum absolute atomic E-state index is 0.153. The molecule has 0 radical (unpaired) electrons. The molecule has 0 saturated carbocycles. The monoisotopic (exact) mass is 478 g/mol. The third-order valence-electron chi connectivity index (χ3n) is 4.67. The van der Waals surface area contributed by atoms with E-state index in [1.165, 1.54) is 22.7 Å². The van der Waals surface area contributed by atoms with Crippen LogP contribution < -0.4 is 14.4 Å². The summed E-state index contributed by atoms with van der Waals surface area (Å²) in [6, 6.07) is 17.0. The van der Waals surface area contributed by atoms with Gasteiger partial charge in [0.2, 0.25) is 0 Å². The molecule has 3 aromatic rings. The molecule has 1 N–H and O–H groups in total. The third kappa shape index (κ3) is 5.78. The fourth-order valence-corrected chi connectivity index (χ4v) is 5.52. The first-order valence-electron chi connectivity index (χ1n) is 9.61. The first-order chi connectivity index (χ1) is 14.8. The Morgan fingerprint density at radius 2 is 1.90 bits per heavy atom. The van der Waals surface area contributed by atoms with Crippen LogP contribution in [0, 0.1) is 0 Å². The number of rotatable bonds is 9. The highest BCUT2D eigenvalue weighted by atomic mass is 35.5. The van der Waals surface area contributed by atoms with Crippen molar-refractivity contribution in [2.45, 2.75) is 23.6 Å². The van der Waals surface area contributed by atoms with Crippen LogP contribution in [0.3, 0.4) is 0 Å². The maximum atomic E-state index is 12.6. The molecule has 1 heterocycles. The van der Waals surface area contributed by atoms with Crippen molar-refractivity contribution in [3.63, 3.8) is 0 Å². The van der Waals surface area contributed by atoms with E-state index >= 15 is 0 Å². The molecule has 0 fully saturated rings. The predicted octanol–water partition coefficient (Wildman–Crippen LogP) is 4.87. The standard InChI is InChI=1S/C22H23ClN2O4S2/c1-3-20(16-6-4-7-17(23)14-16)24-21(26)15-29-19-11-9-18(10-12-19)25(2)31(27,28)22-8-5-13-30-22/h4-14,20H,3,15H2,1-2H3,(H,24,26). The van der Waals surface area contributed by atoms with E-state index in [2.05, 4.69) is 5.32 Å². The summed E-state index contributed by atoms with van der Waals surface area (Å²) in [7, 11) is -2.10. The van der Waals surface area contributed by atoms with Gasteiger partial charge in [0.25, 0.3) is 15.9 Å². The van der Waals surface area contributed by atoms with E-state index in [4.69, 9.17) is 16.3 Å².